The summed E-state index contributed by atoms with van der Waals surface area (Å²) in [5.41, 5.74) is 1.57. The van der Waals surface area contributed by atoms with Gasteiger partial charge < -0.3 is 0 Å². The lowest BCUT2D eigenvalue weighted by Gasteiger charge is -2.19. The van der Waals surface area contributed by atoms with Crippen molar-refractivity contribution in [2.45, 2.75) is 25.3 Å². The van der Waals surface area contributed by atoms with Crippen LogP contribution >= 0.6 is 0 Å². The predicted octanol–water partition coefficient (Wildman–Crippen LogP) is 3.40. The van der Waals surface area contributed by atoms with Crippen LogP contribution in [0.1, 0.15) is 16.7 Å². The van der Waals surface area contributed by atoms with Gasteiger partial charge in [0.15, 0.2) is 0 Å². The highest BCUT2D eigenvalue weighted by Crippen LogP contribution is 2.22. The summed E-state index contributed by atoms with van der Waals surface area (Å²) in [5.74, 6) is -1.45. The largest absolute Gasteiger partial charge is 0.243 e. The molecular formula is C16H17F2NO2S. The zero-order chi connectivity index (χ0) is 16.5. The molecule has 0 heterocycles. The Hall–Kier alpha value is -1.79. The quantitative estimate of drug-likeness (QED) is 0.864. The van der Waals surface area contributed by atoms with Crippen LogP contribution in [-0.4, -0.2) is 19.8 Å². The van der Waals surface area contributed by atoms with Gasteiger partial charge in [0.05, 0.1) is 4.90 Å². The Morgan fingerprint density at radius 2 is 1.73 bits per heavy atom. The molecule has 3 nitrogen and oxygen atoms in total. The van der Waals surface area contributed by atoms with Gasteiger partial charge in [-0.15, -0.1) is 0 Å². The lowest BCUT2D eigenvalue weighted by molar-refractivity contribution is 0.454. The van der Waals surface area contributed by atoms with E-state index >= 15 is 0 Å². The molecule has 0 atom stereocenters. The van der Waals surface area contributed by atoms with E-state index in [1.54, 1.807) is 26.0 Å². The van der Waals surface area contributed by atoms with Gasteiger partial charge >= 0.3 is 0 Å². The van der Waals surface area contributed by atoms with Crippen molar-refractivity contribution >= 4 is 10.0 Å². The number of hydrogen-bond acceptors (Lipinski definition) is 2. The van der Waals surface area contributed by atoms with Gasteiger partial charge in [-0.05, 0) is 37.1 Å². The molecule has 0 amide bonds. The topological polar surface area (TPSA) is 37.4 Å². The molecule has 0 radical (unpaired) electrons. The third-order valence-corrected chi connectivity index (χ3v) is 5.39. The Bertz CT molecular complexity index is 804. The minimum Gasteiger partial charge on any atom is -0.207 e. The summed E-state index contributed by atoms with van der Waals surface area (Å²) in [6, 6.07) is 8.25. The average molecular weight is 325 g/mol. The first-order valence-electron chi connectivity index (χ1n) is 6.69. The van der Waals surface area contributed by atoms with Crippen LogP contribution in [0.3, 0.4) is 0 Å². The van der Waals surface area contributed by atoms with Crippen LogP contribution in [-0.2, 0) is 16.6 Å². The summed E-state index contributed by atoms with van der Waals surface area (Å²) in [6.45, 7) is 3.35. The zero-order valence-electron chi connectivity index (χ0n) is 12.6. The Morgan fingerprint density at radius 3 is 2.36 bits per heavy atom. The van der Waals surface area contributed by atoms with Crippen molar-refractivity contribution in [2.24, 2.45) is 0 Å². The fourth-order valence-electron chi connectivity index (χ4n) is 2.13. The molecule has 0 aliphatic carbocycles. The SMILES string of the molecule is Cc1ccc(C)c(S(=O)(=O)N(C)Cc2ccc(F)cc2F)c1. The van der Waals surface area contributed by atoms with E-state index in [1.807, 2.05) is 6.07 Å². The minimum atomic E-state index is -3.74. The smallest absolute Gasteiger partial charge is 0.207 e. The summed E-state index contributed by atoms with van der Waals surface area (Å²) in [4.78, 5) is 0.192. The fourth-order valence-corrected chi connectivity index (χ4v) is 3.58. The monoisotopic (exact) mass is 325 g/mol. The highest BCUT2D eigenvalue weighted by Gasteiger charge is 2.23. The highest BCUT2D eigenvalue weighted by molar-refractivity contribution is 7.89. The summed E-state index contributed by atoms with van der Waals surface area (Å²) in [6.07, 6.45) is 0. The van der Waals surface area contributed by atoms with Crippen molar-refractivity contribution in [1.82, 2.24) is 4.31 Å². The van der Waals surface area contributed by atoms with Gasteiger partial charge in [-0.1, -0.05) is 18.2 Å². The molecule has 0 spiro atoms. The number of benzene rings is 2. The van der Waals surface area contributed by atoms with Crippen LogP contribution in [0.2, 0.25) is 0 Å². The van der Waals surface area contributed by atoms with Crippen molar-refractivity contribution < 1.29 is 17.2 Å². The van der Waals surface area contributed by atoms with E-state index in [0.717, 1.165) is 22.0 Å². The molecule has 0 aromatic heterocycles. The van der Waals surface area contributed by atoms with Gasteiger partial charge in [0.25, 0.3) is 0 Å². The maximum Gasteiger partial charge on any atom is 0.243 e. The molecule has 0 aliphatic heterocycles. The standard InChI is InChI=1S/C16H17F2NO2S/c1-11-4-5-12(2)16(8-11)22(20,21)19(3)10-13-6-7-14(17)9-15(13)18/h4-9H,10H2,1-3H3. The minimum absolute atomic E-state index is 0.123. The number of halogens is 2. The molecule has 0 N–H and O–H groups in total. The fraction of sp³-hybridized carbons (Fsp3) is 0.250. The molecule has 0 unspecified atom stereocenters. The maximum absolute atomic E-state index is 13.7. The van der Waals surface area contributed by atoms with Gasteiger partial charge in [0, 0.05) is 25.2 Å². The number of rotatable bonds is 4. The molecule has 118 valence electrons. The Labute approximate surface area is 129 Å². The molecule has 2 aromatic rings. The molecule has 22 heavy (non-hydrogen) atoms. The summed E-state index contributed by atoms with van der Waals surface area (Å²) >= 11 is 0. The van der Waals surface area contributed by atoms with Crippen LogP contribution in [0.15, 0.2) is 41.3 Å². The molecule has 0 saturated carbocycles. The lowest BCUT2D eigenvalue weighted by Crippen LogP contribution is -2.27. The molecule has 2 rings (SSSR count). The number of sulfonamides is 1. The summed E-state index contributed by atoms with van der Waals surface area (Å²) in [5, 5.41) is 0. The maximum atomic E-state index is 13.7. The van der Waals surface area contributed by atoms with E-state index in [0.29, 0.717) is 5.56 Å². The van der Waals surface area contributed by atoms with Crippen molar-refractivity contribution in [3.8, 4) is 0 Å². The molecule has 0 fully saturated rings. The van der Waals surface area contributed by atoms with Gasteiger partial charge in [0.2, 0.25) is 10.0 Å². The summed E-state index contributed by atoms with van der Waals surface area (Å²) in [7, 11) is -2.37. The number of nitrogens with zero attached hydrogens (tertiary/aromatic N) is 1. The first kappa shape index (κ1) is 16.6. The van der Waals surface area contributed by atoms with Crippen LogP contribution in [0.4, 0.5) is 8.78 Å². The van der Waals surface area contributed by atoms with Gasteiger partial charge in [-0.25, -0.2) is 17.2 Å². The van der Waals surface area contributed by atoms with Crippen molar-refractivity contribution in [3.05, 3.63) is 64.7 Å². The molecule has 0 saturated heterocycles. The molecule has 0 aliphatic rings. The van der Waals surface area contributed by atoms with E-state index in [1.165, 1.54) is 13.1 Å². The van der Waals surface area contributed by atoms with E-state index in [-0.39, 0.29) is 17.0 Å². The molecular weight excluding hydrogens is 308 g/mol. The van der Waals surface area contributed by atoms with Gasteiger partial charge in [0.1, 0.15) is 11.6 Å². The highest BCUT2D eigenvalue weighted by atomic mass is 32.2. The first-order valence-corrected chi connectivity index (χ1v) is 8.13. The van der Waals surface area contributed by atoms with Crippen molar-refractivity contribution in [2.75, 3.05) is 7.05 Å². The van der Waals surface area contributed by atoms with E-state index in [2.05, 4.69) is 0 Å². The van der Waals surface area contributed by atoms with Crippen molar-refractivity contribution in [1.29, 1.82) is 0 Å². The zero-order valence-corrected chi connectivity index (χ0v) is 13.4. The Kier molecular flexibility index (Phi) is 4.63. The normalized spacial score (nSPS) is 11.9. The Balaban J connectivity index is 2.35. The third-order valence-electron chi connectivity index (χ3n) is 3.44. The number of hydrogen-bond donors (Lipinski definition) is 0. The predicted molar refractivity (Wildman–Crippen MR) is 80.9 cm³/mol. The van der Waals surface area contributed by atoms with E-state index in [9.17, 15) is 17.2 Å². The van der Waals surface area contributed by atoms with Crippen LogP contribution in [0, 0.1) is 25.5 Å². The van der Waals surface area contributed by atoms with Gasteiger partial charge in [-0.3, -0.25) is 0 Å². The second-order valence-corrected chi connectivity index (χ2v) is 7.28. The first-order chi connectivity index (χ1) is 10.2. The van der Waals surface area contributed by atoms with Crippen molar-refractivity contribution in [3.63, 3.8) is 0 Å². The van der Waals surface area contributed by atoms with Gasteiger partial charge in [-0.2, -0.15) is 4.31 Å². The second-order valence-electron chi connectivity index (χ2n) is 5.27. The summed E-state index contributed by atoms with van der Waals surface area (Å²) < 4.78 is 52.9. The lowest BCUT2D eigenvalue weighted by atomic mass is 10.2. The average Bonchev–Trinajstić information content (AvgIpc) is 2.44. The van der Waals surface area contributed by atoms with Crippen LogP contribution in [0.25, 0.3) is 0 Å². The molecule has 6 heteroatoms. The Morgan fingerprint density at radius 1 is 1.05 bits per heavy atom. The second kappa shape index (κ2) is 6.14. The molecule has 2 aromatic carbocycles. The van der Waals surface area contributed by atoms with Crippen LogP contribution < -0.4 is 0 Å². The third kappa shape index (κ3) is 3.34. The van der Waals surface area contributed by atoms with E-state index in [4.69, 9.17) is 0 Å². The number of aryl methyl sites for hydroxylation is 2. The van der Waals surface area contributed by atoms with Crippen LogP contribution in [0.5, 0.6) is 0 Å². The van der Waals surface area contributed by atoms with E-state index < -0.39 is 21.7 Å². The molecule has 0 bridgehead atoms.